The van der Waals surface area contributed by atoms with Gasteiger partial charge < -0.3 is 10.2 Å². The first kappa shape index (κ1) is 17.5. The van der Waals surface area contributed by atoms with E-state index in [4.69, 9.17) is 0 Å². The number of amides is 1. The minimum Gasteiger partial charge on any atom is -0.371 e. The number of hydrogen-bond donors (Lipinski definition) is 2. The summed E-state index contributed by atoms with van der Waals surface area (Å²) in [6.07, 6.45) is 6.62. The highest BCUT2D eigenvalue weighted by Crippen LogP contribution is 2.32. The second kappa shape index (κ2) is 7.76. The van der Waals surface area contributed by atoms with Gasteiger partial charge in [0.05, 0.1) is 5.56 Å². The highest BCUT2D eigenvalue weighted by molar-refractivity contribution is 7.15. The van der Waals surface area contributed by atoms with Crippen molar-refractivity contribution in [3.8, 4) is 0 Å². The molecular weight excluding hydrogens is 344 g/mol. The van der Waals surface area contributed by atoms with E-state index < -0.39 is 0 Å². The van der Waals surface area contributed by atoms with Crippen molar-refractivity contribution in [3.63, 3.8) is 0 Å². The van der Waals surface area contributed by atoms with Crippen molar-refractivity contribution in [2.45, 2.75) is 38.5 Å². The fraction of sp³-hybridized carbons (Fsp3) is 0.500. The molecule has 26 heavy (non-hydrogen) atoms. The van der Waals surface area contributed by atoms with E-state index in [1.807, 2.05) is 19.2 Å². The lowest BCUT2D eigenvalue weighted by molar-refractivity contribution is 0.102. The van der Waals surface area contributed by atoms with Crippen LogP contribution in [-0.2, 0) is 0 Å². The van der Waals surface area contributed by atoms with Crippen molar-refractivity contribution < 1.29 is 4.79 Å². The Morgan fingerprint density at radius 1 is 1.27 bits per heavy atom. The Morgan fingerprint density at radius 3 is 2.81 bits per heavy atom. The summed E-state index contributed by atoms with van der Waals surface area (Å²) in [7, 11) is 0. The number of carbonyl (C=O) groups is 1. The molecule has 2 aromatic rings. The molecule has 0 saturated carbocycles. The van der Waals surface area contributed by atoms with Gasteiger partial charge in [-0.05, 0) is 63.7 Å². The van der Waals surface area contributed by atoms with Gasteiger partial charge in [-0.15, -0.1) is 11.3 Å². The molecule has 0 radical (unpaired) electrons. The Bertz CT molecular complexity index is 776. The fourth-order valence-corrected chi connectivity index (χ4v) is 4.85. The summed E-state index contributed by atoms with van der Waals surface area (Å²) >= 11 is 1.62. The summed E-state index contributed by atoms with van der Waals surface area (Å²) in [5.41, 5.74) is 2.90. The quantitative estimate of drug-likeness (QED) is 0.860. The lowest BCUT2D eigenvalue weighted by Gasteiger charge is -2.21. The summed E-state index contributed by atoms with van der Waals surface area (Å²) in [4.78, 5) is 21.0. The molecule has 138 valence electrons. The predicted octanol–water partition coefficient (Wildman–Crippen LogP) is 3.77. The topological polar surface area (TPSA) is 57.3 Å². The van der Waals surface area contributed by atoms with Crippen LogP contribution >= 0.6 is 11.3 Å². The van der Waals surface area contributed by atoms with E-state index in [0.717, 1.165) is 55.8 Å². The van der Waals surface area contributed by atoms with E-state index >= 15 is 0 Å². The number of hydrogen-bond acceptors (Lipinski definition) is 5. The standard InChI is InChI=1S/C20H26N4OS/c1-14-4-5-17(24-10-2-3-11-24)16(12-14)19(25)23-20-22-13-18(26-20)15-6-8-21-9-7-15/h4-5,12-13,15,21H,2-3,6-11H2,1H3,(H,22,23,25). The SMILES string of the molecule is Cc1ccc(N2CCCC2)c(C(=O)Nc2ncc(C3CCNCC3)s2)c1. The molecule has 0 atom stereocenters. The molecule has 0 aliphatic carbocycles. The molecule has 0 spiro atoms. The predicted molar refractivity (Wildman–Crippen MR) is 108 cm³/mol. The van der Waals surface area contributed by atoms with Crippen molar-refractivity contribution >= 4 is 28.1 Å². The first-order valence-electron chi connectivity index (χ1n) is 9.54. The van der Waals surface area contributed by atoms with Crippen LogP contribution in [0.2, 0.25) is 0 Å². The average molecular weight is 371 g/mol. The highest BCUT2D eigenvalue weighted by atomic mass is 32.1. The molecule has 2 aliphatic rings. The zero-order chi connectivity index (χ0) is 17.9. The zero-order valence-corrected chi connectivity index (χ0v) is 16.1. The third kappa shape index (κ3) is 3.76. The molecule has 1 aromatic carbocycles. The maximum atomic E-state index is 12.9. The second-order valence-electron chi connectivity index (χ2n) is 7.26. The van der Waals surface area contributed by atoms with E-state index in [2.05, 4.69) is 32.7 Å². The van der Waals surface area contributed by atoms with Gasteiger partial charge in [-0.1, -0.05) is 11.6 Å². The number of aromatic nitrogens is 1. The lowest BCUT2D eigenvalue weighted by Crippen LogP contribution is -2.26. The molecule has 2 aliphatic heterocycles. The molecule has 0 unspecified atom stereocenters. The van der Waals surface area contributed by atoms with Crippen LogP contribution in [0.3, 0.4) is 0 Å². The minimum atomic E-state index is -0.0539. The summed E-state index contributed by atoms with van der Waals surface area (Å²) in [6, 6.07) is 6.16. The molecular formula is C20H26N4OS. The first-order valence-corrected chi connectivity index (χ1v) is 10.4. The number of nitrogens with zero attached hydrogens (tertiary/aromatic N) is 2. The third-order valence-corrected chi connectivity index (χ3v) is 6.40. The Morgan fingerprint density at radius 2 is 2.04 bits per heavy atom. The van der Waals surface area contributed by atoms with Crippen LogP contribution in [-0.4, -0.2) is 37.1 Å². The van der Waals surface area contributed by atoms with Crippen LogP contribution in [0.1, 0.15) is 52.4 Å². The summed E-state index contributed by atoms with van der Waals surface area (Å²) in [5.74, 6) is 0.514. The van der Waals surface area contributed by atoms with Gasteiger partial charge in [0.15, 0.2) is 5.13 Å². The maximum absolute atomic E-state index is 12.9. The second-order valence-corrected chi connectivity index (χ2v) is 8.32. The molecule has 6 heteroatoms. The number of rotatable bonds is 4. The van der Waals surface area contributed by atoms with Gasteiger partial charge in [0.2, 0.25) is 0 Å². The summed E-state index contributed by atoms with van der Waals surface area (Å²) in [6.45, 7) is 6.21. The van der Waals surface area contributed by atoms with E-state index in [0.29, 0.717) is 11.0 Å². The fourth-order valence-electron chi connectivity index (χ4n) is 3.87. The van der Waals surface area contributed by atoms with Crippen molar-refractivity contribution in [1.29, 1.82) is 0 Å². The van der Waals surface area contributed by atoms with Crippen LogP contribution in [0.25, 0.3) is 0 Å². The van der Waals surface area contributed by atoms with Gasteiger partial charge in [-0.3, -0.25) is 10.1 Å². The monoisotopic (exact) mass is 370 g/mol. The number of piperidine rings is 1. The van der Waals surface area contributed by atoms with Gasteiger partial charge in [0, 0.05) is 29.9 Å². The molecule has 3 heterocycles. The summed E-state index contributed by atoms with van der Waals surface area (Å²) in [5, 5.41) is 7.13. The highest BCUT2D eigenvalue weighted by Gasteiger charge is 2.22. The first-order chi connectivity index (χ1) is 12.7. The van der Waals surface area contributed by atoms with E-state index in [9.17, 15) is 4.79 Å². The minimum absolute atomic E-state index is 0.0539. The van der Waals surface area contributed by atoms with Crippen molar-refractivity contribution in [1.82, 2.24) is 10.3 Å². The van der Waals surface area contributed by atoms with Crippen LogP contribution in [0.5, 0.6) is 0 Å². The maximum Gasteiger partial charge on any atom is 0.259 e. The van der Waals surface area contributed by atoms with E-state index in [-0.39, 0.29) is 5.91 Å². The smallest absolute Gasteiger partial charge is 0.259 e. The molecule has 1 aromatic heterocycles. The Balaban J connectivity index is 1.51. The van der Waals surface area contributed by atoms with E-state index in [1.165, 1.54) is 17.7 Å². The number of nitrogens with one attached hydrogen (secondary N) is 2. The van der Waals surface area contributed by atoms with Crippen LogP contribution in [0.15, 0.2) is 24.4 Å². The van der Waals surface area contributed by atoms with Crippen LogP contribution < -0.4 is 15.5 Å². The van der Waals surface area contributed by atoms with Crippen molar-refractivity contribution in [2.24, 2.45) is 0 Å². The number of aryl methyl sites for hydroxylation is 1. The largest absolute Gasteiger partial charge is 0.371 e. The van der Waals surface area contributed by atoms with Gasteiger partial charge >= 0.3 is 0 Å². The van der Waals surface area contributed by atoms with E-state index in [1.54, 1.807) is 11.3 Å². The number of anilines is 2. The van der Waals surface area contributed by atoms with Crippen LogP contribution in [0, 0.1) is 6.92 Å². The molecule has 0 bridgehead atoms. The van der Waals surface area contributed by atoms with Gasteiger partial charge in [0.1, 0.15) is 0 Å². The number of carbonyl (C=O) groups excluding carboxylic acids is 1. The Hall–Kier alpha value is -1.92. The molecule has 2 saturated heterocycles. The lowest BCUT2D eigenvalue weighted by atomic mass is 9.97. The number of thiazole rings is 1. The number of benzene rings is 1. The van der Waals surface area contributed by atoms with Crippen LogP contribution in [0.4, 0.5) is 10.8 Å². The zero-order valence-electron chi connectivity index (χ0n) is 15.3. The Labute approximate surface area is 158 Å². The molecule has 2 fully saturated rings. The molecule has 5 nitrogen and oxygen atoms in total. The van der Waals surface area contributed by atoms with Crippen molar-refractivity contribution in [3.05, 3.63) is 40.4 Å². The third-order valence-electron chi connectivity index (χ3n) is 5.33. The normalized spacial score (nSPS) is 18.3. The average Bonchev–Trinajstić information content (AvgIpc) is 3.34. The Kier molecular flexibility index (Phi) is 5.22. The van der Waals surface area contributed by atoms with Gasteiger partial charge in [-0.25, -0.2) is 4.98 Å². The molecule has 1 amide bonds. The van der Waals surface area contributed by atoms with Crippen molar-refractivity contribution in [2.75, 3.05) is 36.4 Å². The molecule has 4 rings (SSSR count). The van der Waals surface area contributed by atoms with Gasteiger partial charge in [-0.2, -0.15) is 0 Å². The molecule has 2 N–H and O–H groups in total. The summed E-state index contributed by atoms with van der Waals surface area (Å²) < 4.78 is 0. The van der Waals surface area contributed by atoms with Gasteiger partial charge in [0.25, 0.3) is 5.91 Å².